The zero-order valence-corrected chi connectivity index (χ0v) is 18.4. The first-order chi connectivity index (χ1) is 16.6. The lowest BCUT2D eigenvalue weighted by atomic mass is 9.93. The Bertz CT molecular complexity index is 1070. The highest BCUT2D eigenvalue weighted by molar-refractivity contribution is 5.94. The fourth-order valence-electron chi connectivity index (χ4n) is 4.11. The quantitative estimate of drug-likeness (QED) is 0.643. The number of halogens is 3. The molecule has 2 amide bonds. The number of aromatic nitrogens is 2. The van der Waals surface area contributed by atoms with Crippen molar-refractivity contribution in [3.05, 3.63) is 47.6 Å². The highest BCUT2D eigenvalue weighted by atomic mass is 19.4. The molecule has 188 valence electrons. The van der Waals surface area contributed by atoms with E-state index in [1.54, 1.807) is 35.5 Å². The van der Waals surface area contributed by atoms with Crippen LogP contribution in [-0.2, 0) is 9.53 Å². The number of alkyl halides is 3. The lowest BCUT2D eigenvalue weighted by molar-refractivity contribution is -0.192. The molecule has 1 saturated carbocycles. The Morgan fingerprint density at radius 3 is 2.60 bits per heavy atom. The molecule has 2 aliphatic heterocycles. The van der Waals surface area contributed by atoms with Gasteiger partial charge in [0.25, 0.3) is 11.8 Å². The van der Waals surface area contributed by atoms with Crippen LogP contribution in [0.15, 0.2) is 35.1 Å². The third kappa shape index (κ3) is 5.96. The van der Waals surface area contributed by atoms with Gasteiger partial charge in [0.05, 0.1) is 18.3 Å². The Labute approximate surface area is 197 Å². The van der Waals surface area contributed by atoms with Gasteiger partial charge in [0.15, 0.2) is 5.69 Å². The van der Waals surface area contributed by atoms with Crippen molar-refractivity contribution in [2.45, 2.75) is 31.0 Å². The second-order valence-electron chi connectivity index (χ2n) is 8.65. The molecular weight excluding hydrogens is 473 g/mol. The summed E-state index contributed by atoms with van der Waals surface area (Å²) < 4.78 is 42.9. The van der Waals surface area contributed by atoms with Crippen molar-refractivity contribution in [1.29, 1.82) is 0 Å². The Morgan fingerprint density at radius 2 is 1.97 bits per heavy atom. The van der Waals surface area contributed by atoms with Crippen molar-refractivity contribution in [3.63, 3.8) is 0 Å². The molecule has 13 heteroatoms. The first kappa shape index (κ1) is 24.6. The van der Waals surface area contributed by atoms with Crippen molar-refractivity contribution in [1.82, 2.24) is 20.4 Å². The van der Waals surface area contributed by atoms with Gasteiger partial charge in [-0.05, 0) is 25.0 Å². The summed E-state index contributed by atoms with van der Waals surface area (Å²) in [6.45, 7) is 2.29. The molecule has 0 bridgehead atoms. The van der Waals surface area contributed by atoms with E-state index in [2.05, 4.69) is 15.5 Å². The summed E-state index contributed by atoms with van der Waals surface area (Å²) in [6, 6.07) is 5.25. The molecule has 2 saturated heterocycles. The Kier molecular flexibility index (Phi) is 7.05. The predicted octanol–water partition coefficient (Wildman–Crippen LogP) is 2.10. The first-order valence-corrected chi connectivity index (χ1v) is 11.0. The van der Waals surface area contributed by atoms with E-state index in [4.69, 9.17) is 19.2 Å². The second-order valence-corrected chi connectivity index (χ2v) is 8.65. The number of amides is 2. The molecule has 5 rings (SSSR count). The molecule has 10 nitrogen and oxygen atoms in total. The van der Waals surface area contributed by atoms with Crippen LogP contribution in [0.3, 0.4) is 0 Å². The second kappa shape index (κ2) is 10.0. The highest BCUT2D eigenvalue weighted by Crippen LogP contribution is 2.40. The van der Waals surface area contributed by atoms with Gasteiger partial charge in [-0.1, -0.05) is 5.16 Å². The van der Waals surface area contributed by atoms with Gasteiger partial charge in [0.2, 0.25) is 0 Å². The van der Waals surface area contributed by atoms with E-state index in [1.807, 2.05) is 0 Å². The number of carboxylic acids is 1. The molecule has 3 fully saturated rings. The van der Waals surface area contributed by atoms with Crippen LogP contribution in [0.25, 0.3) is 0 Å². The van der Waals surface area contributed by atoms with Crippen LogP contribution in [0.5, 0.6) is 0 Å². The highest BCUT2D eigenvalue weighted by Gasteiger charge is 2.46. The standard InChI is InChI=1S/C20H22N4O4.C2HF3O2/c25-19(13-2-1-5-21-7-13)22-8-14-11-27-18-10-24(9-15(14)18)20(26)16-6-17(28-23-16)12-3-4-12;3-2(4,5)1(6)7/h1-2,5-7,12,14-15,18H,3-4,8-11H2,(H,22,25);(H,6,7)/t14-,15-,18-;/m1./s1. The normalized spacial score (nSPS) is 23.3. The van der Waals surface area contributed by atoms with E-state index in [-0.39, 0.29) is 29.8 Å². The number of pyridine rings is 1. The fourth-order valence-corrected chi connectivity index (χ4v) is 4.11. The number of rotatable bonds is 5. The Balaban J connectivity index is 0.000000364. The van der Waals surface area contributed by atoms with Crippen molar-refractivity contribution < 1.29 is 41.9 Å². The molecule has 2 N–H and O–H groups in total. The number of fused-ring (bicyclic) bond motifs is 1. The monoisotopic (exact) mass is 496 g/mol. The summed E-state index contributed by atoms with van der Waals surface area (Å²) >= 11 is 0. The van der Waals surface area contributed by atoms with Crippen LogP contribution in [0.4, 0.5) is 13.2 Å². The van der Waals surface area contributed by atoms with E-state index in [0.29, 0.717) is 43.4 Å². The topological polar surface area (TPSA) is 135 Å². The minimum Gasteiger partial charge on any atom is -0.475 e. The van der Waals surface area contributed by atoms with Gasteiger partial charge in [-0.2, -0.15) is 13.2 Å². The zero-order valence-electron chi connectivity index (χ0n) is 18.4. The van der Waals surface area contributed by atoms with Crippen molar-refractivity contribution >= 4 is 17.8 Å². The third-order valence-electron chi connectivity index (χ3n) is 6.14. The molecule has 0 aromatic carbocycles. The minimum absolute atomic E-state index is 0.0130. The molecule has 0 radical (unpaired) electrons. The lowest BCUT2D eigenvalue weighted by Crippen LogP contribution is -2.35. The molecule has 2 aromatic rings. The maximum Gasteiger partial charge on any atom is 0.490 e. The largest absolute Gasteiger partial charge is 0.490 e. The summed E-state index contributed by atoms with van der Waals surface area (Å²) in [5.41, 5.74) is 0.919. The van der Waals surface area contributed by atoms with E-state index in [0.717, 1.165) is 18.6 Å². The number of likely N-dealkylation sites (tertiary alicyclic amines) is 1. The Morgan fingerprint density at radius 1 is 1.23 bits per heavy atom. The maximum atomic E-state index is 12.8. The van der Waals surface area contributed by atoms with Gasteiger partial charge in [-0.25, -0.2) is 4.79 Å². The zero-order chi connectivity index (χ0) is 25.2. The van der Waals surface area contributed by atoms with Crippen LogP contribution in [0.1, 0.15) is 45.4 Å². The van der Waals surface area contributed by atoms with Crippen molar-refractivity contribution in [3.8, 4) is 0 Å². The molecule has 2 aromatic heterocycles. The molecule has 0 spiro atoms. The smallest absolute Gasteiger partial charge is 0.475 e. The van der Waals surface area contributed by atoms with Gasteiger partial charge in [0.1, 0.15) is 5.76 Å². The lowest BCUT2D eigenvalue weighted by Gasteiger charge is -2.19. The average Bonchev–Trinajstić information content (AvgIpc) is 3.24. The molecule has 3 aliphatic rings. The van der Waals surface area contributed by atoms with Gasteiger partial charge in [0, 0.05) is 55.8 Å². The molecule has 3 atom stereocenters. The molecular formula is C22H23F3N4O6. The number of nitrogens with one attached hydrogen (secondary N) is 1. The minimum atomic E-state index is -5.08. The predicted molar refractivity (Wildman–Crippen MR) is 111 cm³/mol. The number of ether oxygens (including phenoxy) is 1. The van der Waals surface area contributed by atoms with Gasteiger partial charge >= 0.3 is 12.1 Å². The summed E-state index contributed by atoms with van der Waals surface area (Å²) in [5.74, 6) is -1.36. The summed E-state index contributed by atoms with van der Waals surface area (Å²) in [6.07, 6.45) is 0.332. The van der Waals surface area contributed by atoms with E-state index in [1.165, 1.54) is 0 Å². The Hall–Kier alpha value is -3.48. The summed E-state index contributed by atoms with van der Waals surface area (Å²) in [5, 5.41) is 14.0. The number of carbonyl (C=O) groups excluding carboxylic acids is 2. The third-order valence-corrected chi connectivity index (χ3v) is 6.14. The van der Waals surface area contributed by atoms with Gasteiger partial charge in [-0.3, -0.25) is 14.6 Å². The first-order valence-electron chi connectivity index (χ1n) is 11.0. The number of hydrogen-bond donors (Lipinski definition) is 2. The number of carboxylic acid groups (broad SMARTS) is 1. The molecule has 1 aliphatic carbocycles. The average molecular weight is 496 g/mol. The summed E-state index contributed by atoms with van der Waals surface area (Å²) in [7, 11) is 0. The van der Waals surface area contributed by atoms with Gasteiger partial charge < -0.3 is 24.6 Å². The summed E-state index contributed by atoms with van der Waals surface area (Å²) in [4.78, 5) is 39.7. The van der Waals surface area contributed by atoms with Crippen LogP contribution in [0, 0.1) is 11.8 Å². The van der Waals surface area contributed by atoms with Gasteiger partial charge in [-0.15, -0.1) is 0 Å². The van der Waals surface area contributed by atoms with Crippen LogP contribution >= 0.6 is 0 Å². The molecule has 0 unspecified atom stereocenters. The van der Waals surface area contributed by atoms with Crippen LogP contribution in [0.2, 0.25) is 0 Å². The maximum absolute atomic E-state index is 12.8. The SMILES string of the molecule is O=C(NC[C@@H]1CO[C@@H]2CN(C(=O)c3cc(C4CC4)on3)C[C@H]12)c1cccnc1.O=C(O)C(F)(F)F. The number of carbonyl (C=O) groups is 3. The van der Waals surface area contributed by atoms with E-state index >= 15 is 0 Å². The van der Waals surface area contributed by atoms with Crippen molar-refractivity contribution in [2.24, 2.45) is 11.8 Å². The van der Waals surface area contributed by atoms with Crippen molar-refractivity contribution in [2.75, 3.05) is 26.2 Å². The molecule has 35 heavy (non-hydrogen) atoms. The number of hydrogen-bond acceptors (Lipinski definition) is 7. The number of nitrogens with zero attached hydrogens (tertiary/aromatic N) is 3. The van der Waals surface area contributed by atoms with E-state index in [9.17, 15) is 22.8 Å². The van der Waals surface area contributed by atoms with E-state index < -0.39 is 12.1 Å². The fraction of sp³-hybridized carbons (Fsp3) is 0.500. The number of aliphatic carboxylic acids is 1. The van der Waals surface area contributed by atoms with Crippen LogP contribution in [-0.4, -0.2) is 76.5 Å². The van der Waals surface area contributed by atoms with Crippen LogP contribution < -0.4 is 5.32 Å². The molecule has 4 heterocycles.